The number of ketones is 1. The van der Waals surface area contributed by atoms with Crippen LogP contribution in [-0.2, 0) is 16.0 Å². The summed E-state index contributed by atoms with van der Waals surface area (Å²) in [5.41, 5.74) is 3.21. The molecule has 0 N–H and O–H groups in total. The summed E-state index contributed by atoms with van der Waals surface area (Å²) in [5, 5.41) is 8.96. The average Bonchev–Trinajstić information content (AvgIpc) is 2.69. The third kappa shape index (κ3) is 3.89. The van der Waals surface area contributed by atoms with E-state index in [0.717, 1.165) is 40.9 Å². The van der Waals surface area contributed by atoms with Gasteiger partial charge in [0.25, 0.3) is 0 Å². The van der Waals surface area contributed by atoms with Crippen molar-refractivity contribution in [2.45, 2.75) is 6.42 Å². The predicted octanol–water partition coefficient (Wildman–Crippen LogP) is 1.53. The number of hydrogen-bond acceptors (Lipinski definition) is 7. The van der Waals surface area contributed by atoms with Crippen molar-refractivity contribution in [2.75, 3.05) is 32.8 Å². The minimum atomic E-state index is 0.164. The minimum absolute atomic E-state index is 0.164. The Morgan fingerprint density at radius 1 is 1.15 bits per heavy atom. The van der Waals surface area contributed by atoms with Gasteiger partial charge in [0.15, 0.2) is 5.78 Å². The molecule has 7 heteroatoms. The van der Waals surface area contributed by atoms with Crippen LogP contribution >= 0.6 is 0 Å². The van der Waals surface area contributed by atoms with E-state index in [-0.39, 0.29) is 5.78 Å². The number of carbonyl (C=O) groups excluding carboxylic acids is 1. The third-order valence-corrected chi connectivity index (χ3v) is 4.37. The van der Waals surface area contributed by atoms with Gasteiger partial charge in [-0.2, -0.15) is 10.2 Å². The maximum atomic E-state index is 12.3. The van der Waals surface area contributed by atoms with Gasteiger partial charge in [-0.3, -0.25) is 19.7 Å². The molecule has 132 valence electrons. The molecule has 3 aromatic heterocycles. The molecule has 1 fully saturated rings. The topological polar surface area (TPSA) is 81.1 Å². The van der Waals surface area contributed by atoms with Gasteiger partial charge < -0.3 is 4.74 Å². The van der Waals surface area contributed by atoms with Crippen LogP contribution in [0.4, 0.5) is 0 Å². The molecular weight excluding hydrogens is 330 g/mol. The molecule has 1 saturated heterocycles. The van der Waals surface area contributed by atoms with E-state index in [9.17, 15) is 4.79 Å². The predicted molar refractivity (Wildman–Crippen MR) is 96.5 cm³/mol. The quantitative estimate of drug-likeness (QED) is 0.691. The van der Waals surface area contributed by atoms with Crippen LogP contribution in [0, 0.1) is 0 Å². The number of Topliss-reactive ketones (excluding diaryl/α,β-unsaturated/α-hetero) is 1. The largest absolute Gasteiger partial charge is 0.379 e. The Labute approximate surface area is 151 Å². The van der Waals surface area contributed by atoms with E-state index in [1.807, 2.05) is 24.3 Å². The van der Waals surface area contributed by atoms with Gasteiger partial charge in [0.05, 0.1) is 43.6 Å². The Kier molecular flexibility index (Phi) is 4.90. The first kappa shape index (κ1) is 16.7. The zero-order valence-corrected chi connectivity index (χ0v) is 14.3. The van der Waals surface area contributed by atoms with Gasteiger partial charge in [0, 0.05) is 42.1 Å². The van der Waals surface area contributed by atoms with Gasteiger partial charge >= 0.3 is 0 Å². The molecule has 1 aliphatic rings. The molecule has 3 aromatic rings. The van der Waals surface area contributed by atoms with Crippen molar-refractivity contribution < 1.29 is 9.53 Å². The molecule has 0 radical (unpaired) electrons. The minimum Gasteiger partial charge on any atom is -0.379 e. The molecule has 7 nitrogen and oxygen atoms in total. The zero-order chi connectivity index (χ0) is 17.8. The van der Waals surface area contributed by atoms with Crippen molar-refractivity contribution in [3.05, 3.63) is 48.5 Å². The third-order valence-electron chi connectivity index (χ3n) is 4.37. The summed E-state index contributed by atoms with van der Waals surface area (Å²) in [5.74, 6) is 0.164. The Bertz CT molecular complexity index is 910. The first-order valence-electron chi connectivity index (χ1n) is 8.62. The molecule has 0 aromatic carbocycles. The van der Waals surface area contributed by atoms with Gasteiger partial charge in [0.1, 0.15) is 0 Å². The van der Waals surface area contributed by atoms with Gasteiger partial charge in [-0.15, -0.1) is 0 Å². The summed E-state index contributed by atoms with van der Waals surface area (Å²) in [6, 6.07) is 7.67. The molecule has 26 heavy (non-hydrogen) atoms. The van der Waals surface area contributed by atoms with Crippen LogP contribution in [-0.4, -0.2) is 63.7 Å². The second-order valence-corrected chi connectivity index (χ2v) is 6.31. The van der Waals surface area contributed by atoms with Crippen molar-refractivity contribution >= 4 is 16.7 Å². The summed E-state index contributed by atoms with van der Waals surface area (Å²) >= 11 is 0. The van der Waals surface area contributed by atoms with Gasteiger partial charge in [-0.05, 0) is 24.3 Å². The molecule has 4 heterocycles. The first-order chi connectivity index (χ1) is 12.8. The summed E-state index contributed by atoms with van der Waals surface area (Å²) in [6.45, 7) is 3.45. The SMILES string of the molecule is O=C(Cc1cc2cc(-c3cccnn3)cnc2cn1)CN1CCOCC1. The standard InChI is InChI=1S/C19H19N5O2/c25-17(13-24-4-6-26-7-5-24)10-16-9-14-8-15(11-21-19(14)12-20-16)18-2-1-3-22-23-18/h1-3,8-9,11-12H,4-7,10,13H2. The van der Waals surface area contributed by atoms with Crippen molar-refractivity contribution in [2.24, 2.45) is 0 Å². The average molecular weight is 349 g/mol. The van der Waals surface area contributed by atoms with E-state index in [4.69, 9.17) is 4.74 Å². The van der Waals surface area contributed by atoms with E-state index < -0.39 is 0 Å². The van der Waals surface area contributed by atoms with Gasteiger partial charge in [-0.25, -0.2) is 0 Å². The molecule has 4 rings (SSSR count). The number of morpholine rings is 1. The number of carbonyl (C=O) groups is 1. The second kappa shape index (κ2) is 7.63. The Hall–Kier alpha value is -2.77. The summed E-state index contributed by atoms with van der Waals surface area (Å²) in [7, 11) is 0. The lowest BCUT2D eigenvalue weighted by Gasteiger charge is -2.25. The normalized spacial score (nSPS) is 15.2. The van der Waals surface area contributed by atoms with Crippen LogP contribution in [0.3, 0.4) is 0 Å². The highest BCUT2D eigenvalue weighted by Crippen LogP contribution is 2.20. The van der Waals surface area contributed by atoms with Gasteiger partial charge in [0.2, 0.25) is 0 Å². The summed E-state index contributed by atoms with van der Waals surface area (Å²) < 4.78 is 5.31. The monoisotopic (exact) mass is 349 g/mol. The van der Waals surface area contributed by atoms with Crippen LogP contribution in [0.5, 0.6) is 0 Å². The lowest BCUT2D eigenvalue weighted by Crippen LogP contribution is -2.39. The van der Waals surface area contributed by atoms with Crippen molar-refractivity contribution in [3.8, 4) is 11.3 Å². The number of hydrogen-bond donors (Lipinski definition) is 0. The number of aromatic nitrogens is 4. The Morgan fingerprint density at radius 3 is 2.85 bits per heavy atom. The van der Waals surface area contributed by atoms with Crippen LogP contribution in [0.2, 0.25) is 0 Å². The molecule has 0 amide bonds. The molecule has 0 aliphatic carbocycles. The lowest BCUT2D eigenvalue weighted by molar-refractivity contribution is -0.120. The van der Waals surface area contributed by atoms with Crippen molar-refractivity contribution in [1.29, 1.82) is 0 Å². The fourth-order valence-electron chi connectivity index (χ4n) is 3.04. The van der Waals surface area contributed by atoms with E-state index in [1.54, 1.807) is 18.6 Å². The first-order valence-corrected chi connectivity index (χ1v) is 8.62. The molecular formula is C19H19N5O2. The van der Waals surface area contributed by atoms with E-state index >= 15 is 0 Å². The maximum Gasteiger partial charge on any atom is 0.152 e. The molecule has 0 bridgehead atoms. The number of fused-ring (bicyclic) bond motifs is 1. The molecule has 0 spiro atoms. The molecule has 0 unspecified atom stereocenters. The van der Waals surface area contributed by atoms with Crippen molar-refractivity contribution in [3.63, 3.8) is 0 Å². The van der Waals surface area contributed by atoms with Gasteiger partial charge in [-0.1, -0.05) is 0 Å². The maximum absolute atomic E-state index is 12.3. The smallest absolute Gasteiger partial charge is 0.152 e. The fourth-order valence-corrected chi connectivity index (χ4v) is 3.04. The summed E-state index contributed by atoms with van der Waals surface area (Å²) in [6.07, 6.45) is 5.44. The Morgan fingerprint density at radius 2 is 2.04 bits per heavy atom. The number of rotatable bonds is 5. The highest BCUT2D eigenvalue weighted by atomic mass is 16.5. The molecule has 1 aliphatic heterocycles. The Balaban J connectivity index is 1.51. The van der Waals surface area contributed by atoms with Crippen LogP contribution in [0.1, 0.15) is 5.69 Å². The van der Waals surface area contributed by atoms with Crippen molar-refractivity contribution in [1.82, 2.24) is 25.1 Å². The highest BCUT2D eigenvalue weighted by Gasteiger charge is 2.15. The van der Waals surface area contributed by atoms with E-state index in [1.165, 1.54) is 0 Å². The van der Waals surface area contributed by atoms with E-state index in [0.29, 0.717) is 26.2 Å². The lowest BCUT2D eigenvalue weighted by atomic mass is 10.1. The number of nitrogens with zero attached hydrogens (tertiary/aromatic N) is 5. The van der Waals surface area contributed by atoms with E-state index in [2.05, 4.69) is 25.1 Å². The zero-order valence-electron chi connectivity index (χ0n) is 14.3. The van der Waals surface area contributed by atoms with Crippen LogP contribution < -0.4 is 0 Å². The number of ether oxygens (including phenoxy) is 1. The fraction of sp³-hybridized carbons (Fsp3) is 0.316. The van der Waals surface area contributed by atoms with Crippen LogP contribution in [0.25, 0.3) is 22.2 Å². The molecule has 0 saturated carbocycles. The van der Waals surface area contributed by atoms with Crippen LogP contribution in [0.15, 0.2) is 42.9 Å². The molecule has 0 atom stereocenters. The second-order valence-electron chi connectivity index (χ2n) is 6.31. The summed E-state index contributed by atoms with van der Waals surface area (Å²) in [4.78, 5) is 23.3. The number of pyridine rings is 2. The highest BCUT2D eigenvalue weighted by molar-refractivity contribution is 5.85.